The van der Waals surface area contributed by atoms with Crippen molar-refractivity contribution < 1.29 is 18.0 Å². The van der Waals surface area contributed by atoms with Gasteiger partial charge in [-0.05, 0) is 94.1 Å². The maximum atomic E-state index is 14.2. The number of carbonyl (C=O) groups is 2. The largest absolute Gasteiger partial charge is 0.352 e. The lowest BCUT2D eigenvalue weighted by atomic mass is 10.1. The van der Waals surface area contributed by atoms with E-state index in [1.807, 2.05) is 47.6 Å². The topological polar surface area (TPSA) is 86.8 Å². The Morgan fingerprint density at radius 3 is 2.00 bits per heavy atom. The Bertz CT molecular complexity index is 1490. The van der Waals surface area contributed by atoms with E-state index in [0.717, 1.165) is 21.0 Å². The summed E-state index contributed by atoms with van der Waals surface area (Å²) in [6.07, 6.45) is 0.319. The summed E-state index contributed by atoms with van der Waals surface area (Å²) >= 11 is 12.4. The van der Waals surface area contributed by atoms with Gasteiger partial charge in [0.1, 0.15) is 12.6 Å². The van der Waals surface area contributed by atoms with E-state index in [4.69, 9.17) is 23.2 Å². The quantitative estimate of drug-likeness (QED) is 0.268. The predicted molar refractivity (Wildman–Crippen MR) is 166 cm³/mol. The minimum absolute atomic E-state index is 0.0327. The number of hydrogen-bond donors (Lipinski definition) is 1. The van der Waals surface area contributed by atoms with E-state index in [0.29, 0.717) is 27.7 Å². The first-order chi connectivity index (χ1) is 19.2. The fourth-order valence-corrected chi connectivity index (χ4v) is 6.31. The molecule has 41 heavy (non-hydrogen) atoms. The fourth-order valence-electron chi connectivity index (χ4n) is 4.60. The van der Waals surface area contributed by atoms with Crippen molar-refractivity contribution in [2.24, 2.45) is 0 Å². The van der Waals surface area contributed by atoms with Crippen LogP contribution in [0.3, 0.4) is 0 Å². The van der Waals surface area contributed by atoms with Crippen LogP contribution in [0.1, 0.15) is 49.4 Å². The van der Waals surface area contributed by atoms with Crippen LogP contribution in [0.2, 0.25) is 10.0 Å². The van der Waals surface area contributed by atoms with Gasteiger partial charge in [0.25, 0.3) is 10.0 Å². The molecule has 0 spiro atoms. The molecule has 0 bridgehead atoms. The molecule has 0 aliphatic heterocycles. The van der Waals surface area contributed by atoms with Crippen LogP contribution in [-0.4, -0.2) is 43.8 Å². The molecule has 0 saturated heterocycles. The molecule has 3 aromatic carbocycles. The van der Waals surface area contributed by atoms with Crippen molar-refractivity contribution in [3.8, 4) is 0 Å². The molecule has 1 N–H and O–H groups in total. The predicted octanol–water partition coefficient (Wildman–Crippen LogP) is 6.45. The van der Waals surface area contributed by atoms with E-state index in [9.17, 15) is 18.0 Å². The zero-order chi connectivity index (χ0) is 30.5. The van der Waals surface area contributed by atoms with Crippen molar-refractivity contribution in [3.63, 3.8) is 0 Å². The maximum absolute atomic E-state index is 14.2. The Morgan fingerprint density at radius 1 is 0.854 bits per heavy atom. The highest BCUT2D eigenvalue weighted by atomic mass is 35.5. The number of hydrogen-bond acceptors (Lipinski definition) is 4. The van der Waals surface area contributed by atoms with Gasteiger partial charge in [-0.3, -0.25) is 13.9 Å². The number of sulfonamides is 1. The van der Waals surface area contributed by atoms with Crippen molar-refractivity contribution in [2.75, 3.05) is 10.8 Å². The Hall–Kier alpha value is -3.07. The summed E-state index contributed by atoms with van der Waals surface area (Å²) in [5.41, 5.74) is 3.64. The molecule has 7 nitrogen and oxygen atoms in total. The van der Waals surface area contributed by atoms with Gasteiger partial charge in [0, 0.05) is 12.6 Å². The van der Waals surface area contributed by atoms with Crippen molar-refractivity contribution in [3.05, 3.63) is 93.0 Å². The molecule has 1 unspecified atom stereocenters. The summed E-state index contributed by atoms with van der Waals surface area (Å²) in [6, 6.07) is 15.9. The number of carbonyl (C=O) groups excluding carboxylic acids is 2. The molecule has 10 heteroatoms. The number of nitrogens with one attached hydrogen (secondary N) is 1. The molecular weight excluding hydrogens is 581 g/mol. The van der Waals surface area contributed by atoms with Gasteiger partial charge in [-0.2, -0.15) is 0 Å². The lowest BCUT2D eigenvalue weighted by Crippen LogP contribution is -2.53. The zero-order valence-electron chi connectivity index (χ0n) is 24.2. The molecule has 2 amide bonds. The molecule has 0 aromatic heterocycles. The van der Waals surface area contributed by atoms with Gasteiger partial charge in [0.15, 0.2) is 0 Å². The SMILES string of the molecule is CCC(C(=O)NC(C)C)N(Cc1ccc(Cl)c(Cl)c1)C(=O)CN(c1cc(C)cc(C)c1)S(=O)(=O)c1ccc(C)cc1. The molecule has 1 atom stereocenters. The van der Waals surface area contributed by atoms with Gasteiger partial charge in [-0.15, -0.1) is 0 Å². The van der Waals surface area contributed by atoms with Gasteiger partial charge in [0.05, 0.1) is 20.6 Å². The minimum Gasteiger partial charge on any atom is -0.352 e. The highest BCUT2D eigenvalue weighted by Gasteiger charge is 2.34. The summed E-state index contributed by atoms with van der Waals surface area (Å²) in [6.45, 7) is 10.6. The number of anilines is 1. The molecule has 0 radical (unpaired) electrons. The van der Waals surface area contributed by atoms with Crippen LogP contribution in [-0.2, 0) is 26.2 Å². The Labute approximate surface area is 253 Å². The number of halogens is 2. The fraction of sp³-hybridized carbons (Fsp3) is 0.355. The lowest BCUT2D eigenvalue weighted by Gasteiger charge is -2.33. The van der Waals surface area contributed by atoms with Gasteiger partial charge in [-0.1, -0.05) is 60.0 Å². The Balaban J connectivity index is 2.11. The third-order valence-corrected chi connectivity index (χ3v) is 9.06. The minimum atomic E-state index is -4.14. The monoisotopic (exact) mass is 617 g/mol. The average Bonchev–Trinajstić information content (AvgIpc) is 2.88. The summed E-state index contributed by atoms with van der Waals surface area (Å²) < 4.78 is 29.2. The molecule has 3 aromatic rings. The number of rotatable bonds is 11. The highest BCUT2D eigenvalue weighted by molar-refractivity contribution is 7.92. The maximum Gasteiger partial charge on any atom is 0.264 e. The number of benzene rings is 3. The van der Waals surface area contributed by atoms with E-state index >= 15 is 0 Å². The van der Waals surface area contributed by atoms with Gasteiger partial charge >= 0.3 is 0 Å². The molecule has 0 fully saturated rings. The third kappa shape index (κ3) is 8.24. The van der Waals surface area contributed by atoms with E-state index in [1.54, 1.807) is 42.5 Å². The smallest absolute Gasteiger partial charge is 0.264 e. The van der Waals surface area contributed by atoms with Crippen LogP contribution in [0, 0.1) is 20.8 Å². The van der Waals surface area contributed by atoms with Gasteiger partial charge < -0.3 is 10.2 Å². The summed E-state index contributed by atoms with van der Waals surface area (Å²) in [7, 11) is -4.14. The molecule has 0 heterocycles. The molecule has 3 rings (SSSR count). The standard InChI is InChI=1S/C31H37Cl2N3O4S/c1-7-29(31(38)34-20(2)3)35(18-24-10-13-27(32)28(33)17-24)30(37)19-36(25-15-22(5)14-23(6)16-25)41(39,40)26-11-8-21(4)9-12-26/h8-17,20,29H,7,18-19H2,1-6H3,(H,34,38). The van der Waals surface area contributed by atoms with Crippen LogP contribution in [0.5, 0.6) is 0 Å². The van der Waals surface area contributed by atoms with Crippen LogP contribution >= 0.6 is 23.2 Å². The van der Waals surface area contributed by atoms with Crippen molar-refractivity contribution in [1.82, 2.24) is 10.2 Å². The van der Waals surface area contributed by atoms with E-state index < -0.39 is 28.5 Å². The second-order valence-corrected chi connectivity index (χ2v) is 13.2. The van der Waals surface area contributed by atoms with Crippen LogP contribution in [0.15, 0.2) is 65.6 Å². The van der Waals surface area contributed by atoms with Crippen LogP contribution < -0.4 is 9.62 Å². The van der Waals surface area contributed by atoms with Crippen molar-refractivity contribution in [2.45, 2.75) is 71.5 Å². The van der Waals surface area contributed by atoms with Gasteiger partial charge in [-0.25, -0.2) is 8.42 Å². The molecular formula is C31H37Cl2N3O4S. The molecule has 0 aliphatic carbocycles. The lowest BCUT2D eigenvalue weighted by molar-refractivity contribution is -0.140. The molecule has 0 saturated carbocycles. The van der Waals surface area contributed by atoms with E-state index in [1.165, 1.54) is 17.0 Å². The highest BCUT2D eigenvalue weighted by Crippen LogP contribution is 2.28. The summed E-state index contributed by atoms with van der Waals surface area (Å²) in [5.74, 6) is -0.855. The second-order valence-electron chi connectivity index (χ2n) is 10.5. The van der Waals surface area contributed by atoms with Crippen molar-refractivity contribution >= 4 is 50.7 Å². The van der Waals surface area contributed by atoms with Crippen LogP contribution in [0.4, 0.5) is 5.69 Å². The Kier molecular flexibility index (Phi) is 10.9. The summed E-state index contributed by atoms with van der Waals surface area (Å²) in [4.78, 5) is 28.9. The first kappa shape index (κ1) is 32.4. The van der Waals surface area contributed by atoms with E-state index in [2.05, 4.69) is 5.32 Å². The average molecular weight is 619 g/mol. The second kappa shape index (κ2) is 13.7. The zero-order valence-corrected chi connectivity index (χ0v) is 26.6. The van der Waals surface area contributed by atoms with Gasteiger partial charge in [0.2, 0.25) is 11.8 Å². The first-order valence-corrected chi connectivity index (χ1v) is 15.6. The molecule has 0 aliphatic rings. The molecule has 220 valence electrons. The number of amides is 2. The van der Waals surface area contributed by atoms with E-state index in [-0.39, 0.29) is 23.4 Å². The third-order valence-electron chi connectivity index (χ3n) is 6.54. The number of aryl methyl sites for hydroxylation is 3. The number of nitrogens with zero attached hydrogens (tertiary/aromatic N) is 2. The van der Waals surface area contributed by atoms with Crippen LogP contribution in [0.25, 0.3) is 0 Å². The Morgan fingerprint density at radius 2 is 1.46 bits per heavy atom. The van der Waals surface area contributed by atoms with Crippen molar-refractivity contribution in [1.29, 1.82) is 0 Å². The normalized spacial score (nSPS) is 12.2. The summed E-state index contributed by atoms with van der Waals surface area (Å²) in [5, 5.41) is 3.56. The first-order valence-electron chi connectivity index (χ1n) is 13.4.